The Balaban J connectivity index is 1.44. The fourth-order valence-electron chi connectivity index (χ4n) is 4.98. The first kappa shape index (κ1) is 26.8. The van der Waals surface area contributed by atoms with Gasteiger partial charge in [0.1, 0.15) is 11.9 Å². The lowest BCUT2D eigenvalue weighted by Crippen LogP contribution is -2.48. The number of hydroxylamine groups is 1. The van der Waals surface area contributed by atoms with Crippen molar-refractivity contribution < 1.29 is 19.1 Å². The molecule has 0 bridgehead atoms. The van der Waals surface area contributed by atoms with Crippen LogP contribution in [0.4, 0.5) is 4.39 Å². The van der Waals surface area contributed by atoms with Crippen LogP contribution in [0.1, 0.15) is 43.0 Å². The molecule has 0 unspecified atom stereocenters. The fourth-order valence-corrected chi connectivity index (χ4v) is 6.84. The molecule has 0 radical (unpaired) electrons. The zero-order valence-electron chi connectivity index (χ0n) is 20.4. The van der Waals surface area contributed by atoms with Gasteiger partial charge in [0.2, 0.25) is 5.91 Å². The average molecular weight is 533 g/mol. The number of pyridine rings is 1. The summed E-state index contributed by atoms with van der Waals surface area (Å²) in [6.45, 7) is 2.56. The maximum atomic E-state index is 15.9. The van der Waals surface area contributed by atoms with Gasteiger partial charge in [-0.15, -0.1) is 23.1 Å². The van der Waals surface area contributed by atoms with Gasteiger partial charge in [-0.25, -0.2) is 9.87 Å². The van der Waals surface area contributed by atoms with Crippen molar-refractivity contribution in [3.8, 4) is 5.75 Å². The minimum Gasteiger partial charge on any atom is -0.497 e. The Kier molecular flexibility index (Phi) is 9.19. The van der Waals surface area contributed by atoms with Gasteiger partial charge in [-0.05, 0) is 74.0 Å². The van der Waals surface area contributed by atoms with Gasteiger partial charge in [0.15, 0.2) is 0 Å². The molecule has 10 heteroatoms. The van der Waals surface area contributed by atoms with Gasteiger partial charge >= 0.3 is 0 Å². The SMILES string of the molecule is COc1ccc2ncc(CN)c([C@H](F)CCC3(C(=O)NO)CCN(CCSc4cccs4)CC3)c2c1. The van der Waals surface area contributed by atoms with Crippen LogP contribution in [0.15, 0.2) is 46.1 Å². The summed E-state index contributed by atoms with van der Waals surface area (Å²) in [5.41, 5.74) is 8.79. The summed E-state index contributed by atoms with van der Waals surface area (Å²) in [5, 5.41) is 12.2. The molecule has 3 aromatic rings. The third kappa shape index (κ3) is 6.00. The number of nitrogens with one attached hydrogen (secondary N) is 1. The highest BCUT2D eigenvalue weighted by molar-refractivity contribution is 8.01. The van der Waals surface area contributed by atoms with E-state index in [-0.39, 0.29) is 13.0 Å². The summed E-state index contributed by atoms with van der Waals surface area (Å²) in [6, 6.07) is 9.55. The number of halogens is 1. The molecule has 2 aromatic heterocycles. The highest BCUT2D eigenvalue weighted by atomic mass is 32.2. The lowest BCUT2D eigenvalue weighted by molar-refractivity contribution is -0.143. The summed E-state index contributed by atoms with van der Waals surface area (Å²) >= 11 is 3.57. The lowest BCUT2D eigenvalue weighted by Gasteiger charge is -2.40. The number of methoxy groups -OCH3 is 1. The molecule has 4 N–H and O–H groups in total. The Morgan fingerprint density at radius 3 is 2.86 bits per heavy atom. The number of rotatable bonds is 11. The standard InChI is InChI=1S/C26H33FN4O3S2/c1-34-19-4-5-22-20(15-19)24(18(16-28)17-29-22)21(27)6-7-26(25(32)30-33)8-10-31(11-9-26)12-14-36-23-3-2-13-35-23/h2-5,13,15,17,21,33H,6-12,14,16,28H2,1H3,(H,30,32)/t21-/m1/s1. The van der Waals surface area contributed by atoms with Crippen LogP contribution in [0.5, 0.6) is 5.75 Å². The molecule has 7 nitrogen and oxygen atoms in total. The summed E-state index contributed by atoms with van der Waals surface area (Å²) in [7, 11) is 1.57. The molecule has 1 amide bonds. The van der Waals surface area contributed by atoms with Gasteiger partial charge in [-0.2, -0.15) is 0 Å². The van der Waals surface area contributed by atoms with Gasteiger partial charge in [0, 0.05) is 36.0 Å². The number of benzene rings is 1. The van der Waals surface area contributed by atoms with Crippen LogP contribution in [-0.2, 0) is 11.3 Å². The zero-order chi connectivity index (χ0) is 25.5. The number of piperidine rings is 1. The molecule has 1 atom stereocenters. The van der Waals surface area contributed by atoms with E-state index in [9.17, 15) is 10.0 Å². The van der Waals surface area contributed by atoms with Crippen LogP contribution in [0.25, 0.3) is 10.9 Å². The molecule has 1 aliphatic rings. The lowest BCUT2D eigenvalue weighted by atomic mass is 9.73. The molecular weight excluding hydrogens is 499 g/mol. The number of nitrogens with two attached hydrogens (primary N) is 1. The van der Waals surface area contributed by atoms with E-state index in [2.05, 4.69) is 27.4 Å². The van der Waals surface area contributed by atoms with E-state index in [4.69, 9.17) is 10.5 Å². The Bertz CT molecular complexity index is 1150. The fraction of sp³-hybridized carbons (Fsp3) is 0.462. The number of hydrogen-bond donors (Lipinski definition) is 3. The van der Waals surface area contributed by atoms with Crippen molar-refractivity contribution in [3.63, 3.8) is 0 Å². The number of nitrogens with zero attached hydrogens (tertiary/aromatic N) is 2. The maximum absolute atomic E-state index is 15.9. The van der Waals surface area contributed by atoms with Crippen LogP contribution >= 0.6 is 23.1 Å². The Morgan fingerprint density at radius 1 is 1.39 bits per heavy atom. The highest BCUT2D eigenvalue weighted by Crippen LogP contribution is 2.41. The van der Waals surface area contributed by atoms with E-state index >= 15 is 4.39 Å². The van der Waals surface area contributed by atoms with E-state index in [0.717, 1.165) is 25.4 Å². The number of thioether (sulfide) groups is 1. The summed E-state index contributed by atoms with van der Waals surface area (Å²) in [6.07, 6.45) is 1.92. The summed E-state index contributed by atoms with van der Waals surface area (Å²) in [5.74, 6) is 1.17. The molecule has 1 saturated heterocycles. The van der Waals surface area contributed by atoms with E-state index < -0.39 is 17.5 Å². The molecular formula is C26H33FN4O3S2. The summed E-state index contributed by atoms with van der Waals surface area (Å²) < 4.78 is 22.5. The van der Waals surface area contributed by atoms with Crippen molar-refractivity contribution in [1.82, 2.24) is 15.4 Å². The van der Waals surface area contributed by atoms with Gasteiger partial charge in [-0.3, -0.25) is 15.0 Å². The van der Waals surface area contributed by atoms with E-state index in [1.54, 1.807) is 42.8 Å². The van der Waals surface area contributed by atoms with Crippen LogP contribution < -0.4 is 16.0 Å². The Labute approximate surface area is 219 Å². The van der Waals surface area contributed by atoms with Crippen LogP contribution in [0, 0.1) is 5.41 Å². The van der Waals surface area contributed by atoms with Gasteiger partial charge in [0.05, 0.1) is 22.3 Å². The van der Waals surface area contributed by atoms with Crippen molar-refractivity contribution in [2.75, 3.05) is 32.5 Å². The van der Waals surface area contributed by atoms with Gasteiger partial charge in [-0.1, -0.05) is 6.07 Å². The minimum atomic E-state index is -1.33. The largest absolute Gasteiger partial charge is 0.497 e. The van der Waals surface area contributed by atoms with Crippen LogP contribution in [0.3, 0.4) is 0 Å². The number of aromatic nitrogens is 1. The smallest absolute Gasteiger partial charge is 0.249 e. The number of amides is 1. The second kappa shape index (κ2) is 12.3. The first-order valence-corrected chi connectivity index (χ1v) is 14.0. The predicted octanol–water partition coefficient (Wildman–Crippen LogP) is 4.93. The average Bonchev–Trinajstić information content (AvgIpc) is 3.44. The van der Waals surface area contributed by atoms with Crippen LogP contribution in [0.2, 0.25) is 0 Å². The number of carbonyl (C=O) groups is 1. The molecule has 0 aliphatic carbocycles. The first-order chi connectivity index (χ1) is 17.5. The molecule has 194 valence electrons. The normalized spacial score (nSPS) is 16.7. The van der Waals surface area contributed by atoms with Crippen LogP contribution in [-0.4, -0.2) is 53.5 Å². The predicted molar refractivity (Wildman–Crippen MR) is 142 cm³/mol. The van der Waals surface area contributed by atoms with Crippen molar-refractivity contribution in [3.05, 3.63) is 53.0 Å². The quantitative estimate of drug-likeness (QED) is 0.183. The second-order valence-electron chi connectivity index (χ2n) is 9.13. The van der Waals surface area contributed by atoms with Crippen molar-refractivity contribution in [1.29, 1.82) is 0 Å². The third-order valence-electron chi connectivity index (χ3n) is 7.15. The molecule has 4 rings (SSSR count). The maximum Gasteiger partial charge on any atom is 0.249 e. The number of ether oxygens (including phenoxy) is 1. The number of fused-ring (bicyclic) bond motifs is 1. The molecule has 3 heterocycles. The van der Waals surface area contributed by atoms with E-state index in [1.807, 2.05) is 17.2 Å². The van der Waals surface area contributed by atoms with Crippen molar-refractivity contribution >= 4 is 39.9 Å². The monoisotopic (exact) mass is 532 g/mol. The second-order valence-corrected chi connectivity index (χ2v) is 11.5. The van der Waals surface area contributed by atoms with E-state index in [0.29, 0.717) is 47.0 Å². The molecule has 1 fully saturated rings. The van der Waals surface area contributed by atoms with Gasteiger partial charge < -0.3 is 15.4 Å². The number of alkyl halides is 1. The van der Waals surface area contributed by atoms with Crippen molar-refractivity contribution in [2.45, 2.75) is 42.6 Å². The molecule has 36 heavy (non-hydrogen) atoms. The molecule has 1 aromatic carbocycles. The number of carbonyl (C=O) groups excluding carboxylic acids is 1. The summed E-state index contributed by atoms with van der Waals surface area (Å²) in [4.78, 5) is 19.5. The molecule has 1 aliphatic heterocycles. The van der Waals surface area contributed by atoms with E-state index in [1.165, 1.54) is 4.21 Å². The Morgan fingerprint density at radius 2 is 2.19 bits per heavy atom. The topological polar surface area (TPSA) is 101 Å². The molecule has 0 saturated carbocycles. The number of thiophene rings is 1. The third-order valence-corrected chi connectivity index (χ3v) is 9.26. The number of likely N-dealkylation sites (tertiary alicyclic amines) is 1. The zero-order valence-corrected chi connectivity index (χ0v) is 22.0. The minimum absolute atomic E-state index is 0.144. The highest BCUT2D eigenvalue weighted by Gasteiger charge is 2.41. The molecule has 0 spiro atoms. The van der Waals surface area contributed by atoms with Gasteiger partial charge in [0.25, 0.3) is 0 Å². The van der Waals surface area contributed by atoms with Crippen molar-refractivity contribution in [2.24, 2.45) is 11.1 Å². The Hall–Kier alpha value is -2.24. The number of hydrogen-bond acceptors (Lipinski definition) is 8. The first-order valence-electron chi connectivity index (χ1n) is 12.1.